The summed E-state index contributed by atoms with van der Waals surface area (Å²) in [6, 6.07) is 11.7. The summed E-state index contributed by atoms with van der Waals surface area (Å²) >= 11 is 0. The van der Waals surface area contributed by atoms with Gasteiger partial charge in [0.1, 0.15) is 23.9 Å². The number of fused-ring (bicyclic) bond motifs is 1. The lowest BCUT2D eigenvalue weighted by atomic mass is 9.97. The summed E-state index contributed by atoms with van der Waals surface area (Å²) in [5.41, 5.74) is 9.35. The fourth-order valence-electron chi connectivity index (χ4n) is 2.14. The zero-order valence-electron chi connectivity index (χ0n) is 10.1. The molecule has 4 heteroatoms. The van der Waals surface area contributed by atoms with Crippen LogP contribution in [0.25, 0.3) is 11.3 Å². The Bertz CT molecular complexity index is 660. The van der Waals surface area contributed by atoms with E-state index in [9.17, 15) is 10.2 Å². The van der Waals surface area contributed by atoms with E-state index in [2.05, 4.69) is 0 Å². The first-order valence-corrected chi connectivity index (χ1v) is 5.89. The minimum absolute atomic E-state index is 0.152. The van der Waals surface area contributed by atoms with E-state index in [1.807, 2.05) is 0 Å². The van der Waals surface area contributed by atoms with E-state index < -0.39 is 0 Å². The van der Waals surface area contributed by atoms with E-state index in [4.69, 9.17) is 10.5 Å². The molecule has 1 aliphatic rings. The van der Waals surface area contributed by atoms with Gasteiger partial charge in [0.2, 0.25) is 0 Å². The van der Waals surface area contributed by atoms with Gasteiger partial charge in [-0.3, -0.25) is 0 Å². The second-order valence-corrected chi connectivity index (χ2v) is 4.41. The summed E-state index contributed by atoms with van der Waals surface area (Å²) in [4.78, 5) is 0. The van der Waals surface area contributed by atoms with Crippen LogP contribution in [0.4, 0.5) is 0 Å². The zero-order valence-corrected chi connectivity index (χ0v) is 10.1. The van der Waals surface area contributed by atoms with Crippen molar-refractivity contribution in [2.75, 3.05) is 6.61 Å². The SMILES string of the molecule is NC1=C(c2ccc(O)cc2)COc2cc(O)ccc21. The van der Waals surface area contributed by atoms with Gasteiger partial charge in [-0.25, -0.2) is 0 Å². The number of ether oxygens (including phenoxy) is 1. The number of benzene rings is 2. The van der Waals surface area contributed by atoms with Crippen molar-refractivity contribution < 1.29 is 14.9 Å². The summed E-state index contributed by atoms with van der Waals surface area (Å²) in [7, 11) is 0. The van der Waals surface area contributed by atoms with E-state index in [-0.39, 0.29) is 11.5 Å². The first-order chi connectivity index (χ1) is 9.15. The van der Waals surface area contributed by atoms with Crippen LogP contribution in [-0.4, -0.2) is 16.8 Å². The highest BCUT2D eigenvalue weighted by Crippen LogP contribution is 2.36. The predicted octanol–water partition coefficient (Wildman–Crippen LogP) is 2.32. The van der Waals surface area contributed by atoms with Gasteiger partial charge in [0.05, 0.1) is 0 Å². The average molecular weight is 255 g/mol. The lowest BCUT2D eigenvalue weighted by molar-refractivity contribution is 0.361. The first kappa shape index (κ1) is 11.5. The molecule has 0 bridgehead atoms. The number of aromatic hydroxyl groups is 2. The van der Waals surface area contributed by atoms with Gasteiger partial charge in [-0.1, -0.05) is 12.1 Å². The van der Waals surface area contributed by atoms with E-state index in [0.717, 1.165) is 16.7 Å². The van der Waals surface area contributed by atoms with Crippen molar-refractivity contribution in [3.63, 3.8) is 0 Å². The van der Waals surface area contributed by atoms with E-state index in [1.165, 1.54) is 0 Å². The van der Waals surface area contributed by atoms with Gasteiger partial charge in [0, 0.05) is 22.9 Å². The van der Waals surface area contributed by atoms with Crippen LogP contribution in [0.1, 0.15) is 11.1 Å². The van der Waals surface area contributed by atoms with Gasteiger partial charge >= 0.3 is 0 Å². The standard InChI is InChI=1S/C15H13NO3/c16-15-12-6-5-11(18)7-14(12)19-8-13(15)9-1-3-10(17)4-2-9/h1-7,17-18H,8,16H2. The highest BCUT2D eigenvalue weighted by Gasteiger charge is 2.19. The van der Waals surface area contributed by atoms with Gasteiger partial charge in [0.15, 0.2) is 0 Å². The van der Waals surface area contributed by atoms with Crippen LogP contribution in [0.2, 0.25) is 0 Å². The third-order valence-electron chi connectivity index (χ3n) is 3.17. The Labute approximate surface area is 110 Å². The molecule has 0 fully saturated rings. The first-order valence-electron chi connectivity index (χ1n) is 5.89. The van der Waals surface area contributed by atoms with Gasteiger partial charge < -0.3 is 20.7 Å². The van der Waals surface area contributed by atoms with Crippen molar-refractivity contribution in [3.05, 3.63) is 53.6 Å². The van der Waals surface area contributed by atoms with E-state index in [0.29, 0.717) is 18.1 Å². The molecule has 96 valence electrons. The molecule has 2 aromatic carbocycles. The maximum Gasteiger partial charge on any atom is 0.132 e. The predicted molar refractivity (Wildman–Crippen MR) is 72.7 cm³/mol. The minimum atomic E-state index is 0.152. The molecule has 4 nitrogen and oxygen atoms in total. The Morgan fingerprint density at radius 1 is 0.947 bits per heavy atom. The Morgan fingerprint density at radius 2 is 1.63 bits per heavy atom. The minimum Gasteiger partial charge on any atom is -0.508 e. The third-order valence-corrected chi connectivity index (χ3v) is 3.17. The summed E-state index contributed by atoms with van der Waals surface area (Å²) in [6.45, 7) is 0.340. The molecule has 2 aromatic rings. The maximum atomic E-state index is 9.42. The smallest absolute Gasteiger partial charge is 0.132 e. The van der Waals surface area contributed by atoms with Crippen LogP contribution in [-0.2, 0) is 0 Å². The highest BCUT2D eigenvalue weighted by molar-refractivity contribution is 5.93. The molecule has 0 aromatic heterocycles. The Balaban J connectivity index is 2.10. The molecule has 4 N–H and O–H groups in total. The fourth-order valence-corrected chi connectivity index (χ4v) is 2.14. The van der Waals surface area contributed by atoms with Crippen LogP contribution < -0.4 is 10.5 Å². The topological polar surface area (TPSA) is 75.7 Å². The van der Waals surface area contributed by atoms with E-state index in [1.54, 1.807) is 42.5 Å². The molecule has 0 saturated heterocycles. The number of phenols is 2. The summed E-state index contributed by atoms with van der Waals surface area (Å²) < 4.78 is 5.61. The molecular formula is C15H13NO3. The molecule has 0 atom stereocenters. The van der Waals surface area contributed by atoms with Gasteiger partial charge in [-0.15, -0.1) is 0 Å². The highest BCUT2D eigenvalue weighted by atomic mass is 16.5. The number of hydrogen-bond donors (Lipinski definition) is 3. The summed E-state index contributed by atoms with van der Waals surface area (Å²) in [5, 5.41) is 18.7. The van der Waals surface area contributed by atoms with E-state index >= 15 is 0 Å². The van der Waals surface area contributed by atoms with Crippen molar-refractivity contribution in [1.29, 1.82) is 0 Å². The second-order valence-electron chi connectivity index (χ2n) is 4.41. The third kappa shape index (κ3) is 1.97. The lowest BCUT2D eigenvalue weighted by Crippen LogP contribution is -2.14. The molecule has 0 radical (unpaired) electrons. The zero-order chi connectivity index (χ0) is 13.4. The molecular weight excluding hydrogens is 242 g/mol. The average Bonchev–Trinajstić information content (AvgIpc) is 2.40. The van der Waals surface area contributed by atoms with Crippen LogP contribution in [0, 0.1) is 0 Å². The molecule has 19 heavy (non-hydrogen) atoms. The monoisotopic (exact) mass is 255 g/mol. The normalized spacial score (nSPS) is 13.9. The van der Waals surface area contributed by atoms with Gasteiger partial charge in [0.25, 0.3) is 0 Å². The molecule has 3 rings (SSSR count). The van der Waals surface area contributed by atoms with Gasteiger partial charge in [-0.05, 0) is 29.8 Å². The van der Waals surface area contributed by atoms with Crippen molar-refractivity contribution in [2.24, 2.45) is 5.73 Å². The molecule has 1 heterocycles. The summed E-state index contributed by atoms with van der Waals surface area (Å²) in [5.74, 6) is 0.949. The Morgan fingerprint density at radius 3 is 2.37 bits per heavy atom. The largest absolute Gasteiger partial charge is 0.508 e. The van der Waals surface area contributed by atoms with Crippen molar-refractivity contribution in [2.45, 2.75) is 0 Å². The maximum absolute atomic E-state index is 9.42. The van der Waals surface area contributed by atoms with Crippen molar-refractivity contribution in [3.8, 4) is 17.2 Å². The van der Waals surface area contributed by atoms with Crippen molar-refractivity contribution >= 4 is 11.3 Å². The second kappa shape index (κ2) is 4.24. The molecule has 0 amide bonds. The number of hydrogen-bond acceptors (Lipinski definition) is 4. The van der Waals surface area contributed by atoms with Crippen LogP contribution in [0.5, 0.6) is 17.2 Å². The Kier molecular flexibility index (Phi) is 2.56. The number of rotatable bonds is 1. The van der Waals surface area contributed by atoms with Crippen molar-refractivity contribution in [1.82, 2.24) is 0 Å². The number of phenolic OH excluding ortho intramolecular Hbond substituents is 2. The molecule has 0 spiro atoms. The lowest BCUT2D eigenvalue weighted by Gasteiger charge is -2.22. The molecule has 0 unspecified atom stereocenters. The molecule has 1 aliphatic heterocycles. The molecule has 0 aliphatic carbocycles. The Hall–Kier alpha value is -2.62. The quantitative estimate of drug-likeness (QED) is 0.731. The molecule has 0 saturated carbocycles. The number of nitrogens with two attached hydrogens (primary N) is 1. The van der Waals surface area contributed by atoms with Crippen LogP contribution >= 0.6 is 0 Å². The van der Waals surface area contributed by atoms with Crippen LogP contribution in [0.3, 0.4) is 0 Å². The van der Waals surface area contributed by atoms with Crippen LogP contribution in [0.15, 0.2) is 42.5 Å². The fraction of sp³-hybridized carbons (Fsp3) is 0.0667. The summed E-state index contributed by atoms with van der Waals surface area (Å²) in [6.07, 6.45) is 0. The van der Waals surface area contributed by atoms with Gasteiger partial charge in [-0.2, -0.15) is 0 Å².